The molecule has 2 heterocycles. The molecule has 4 aromatic carbocycles. The molecule has 422 valence electrons. The summed E-state index contributed by atoms with van der Waals surface area (Å²) in [4.78, 5) is 35.7. The molecular weight excluding hydrogens is 1050 g/mol. The van der Waals surface area contributed by atoms with Crippen LogP contribution in [0.2, 0.25) is 0 Å². The van der Waals surface area contributed by atoms with Gasteiger partial charge in [-0.3, -0.25) is 19.3 Å². The number of ether oxygens (including phenoxy) is 4. The predicted molar refractivity (Wildman–Crippen MR) is 262 cm³/mol. The van der Waals surface area contributed by atoms with Crippen LogP contribution in [0.25, 0.3) is 21.5 Å². The molecule has 2 saturated carbocycles. The molecule has 0 bridgehead atoms. The number of benzene rings is 4. The number of nitrogens with one attached hydrogen (secondary N) is 1. The highest BCUT2D eigenvalue weighted by molar-refractivity contribution is 6.00. The lowest BCUT2D eigenvalue weighted by molar-refractivity contribution is -0.186. The SMILES string of the molecule is COC(=O)C[C@H]1CCCN(Cc2cccc3c(C(F)(F)F)c(OC4CCC(C(F)(F)F)CC4)ccc23)C1.COC(=O)C[C@H]1CCCNC1.Cl.O=Cc1cccc2c(C(F)(F)F)c(OC3CCC(C(F)(F)F)CC3)ccc12. The van der Waals surface area contributed by atoms with Crippen LogP contribution in [0, 0.1) is 23.7 Å². The van der Waals surface area contributed by atoms with Gasteiger partial charge in [-0.1, -0.05) is 42.5 Å². The van der Waals surface area contributed by atoms with Gasteiger partial charge >= 0.3 is 36.6 Å². The number of esters is 2. The molecule has 0 radical (unpaired) electrons. The average Bonchev–Trinajstić information content (AvgIpc) is 3.36. The van der Waals surface area contributed by atoms with E-state index >= 15 is 0 Å². The molecule has 8 rings (SSSR count). The van der Waals surface area contributed by atoms with E-state index < -0.39 is 65.6 Å². The minimum Gasteiger partial charge on any atom is -0.490 e. The molecule has 0 aromatic heterocycles. The van der Waals surface area contributed by atoms with Crippen molar-refractivity contribution >= 4 is 52.2 Å². The number of rotatable bonds is 11. The second kappa shape index (κ2) is 27.0. The van der Waals surface area contributed by atoms with E-state index in [0.29, 0.717) is 43.5 Å². The number of hydrogen-bond donors (Lipinski definition) is 1. The molecule has 2 atom stereocenters. The molecule has 76 heavy (non-hydrogen) atoms. The van der Waals surface area contributed by atoms with E-state index in [1.165, 1.54) is 57.0 Å². The average molecular weight is 1120 g/mol. The van der Waals surface area contributed by atoms with Crippen LogP contribution in [0.3, 0.4) is 0 Å². The van der Waals surface area contributed by atoms with E-state index in [-0.39, 0.29) is 109 Å². The first-order valence-corrected chi connectivity index (χ1v) is 25.1. The molecule has 0 unspecified atom stereocenters. The Balaban J connectivity index is 0.000000238. The van der Waals surface area contributed by atoms with Crippen molar-refractivity contribution in [3.63, 3.8) is 0 Å². The summed E-state index contributed by atoms with van der Waals surface area (Å²) in [7, 11) is 2.79. The highest BCUT2D eigenvalue weighted by atomic mass is 35.5. The van der Waals surface area contributed by atoms with E-state index in [1.807, 2.05) is 0 Å². The largest absolute Gasteiger partial charge is 0.490 e. The van der Waals surface area contributed by atoms with Crippen molar-refractivity contribution in [3.8, 4) is 11.5 Å². The summed E-state index contributed by atoms with van der Waals surface area (Å²) in [5.74, 6) is -3.37. The van der Waals surface area contributed by atoms with Gasteiger partial charge in [0.1, 0.15) is 22.6 Å². The zero-order chi connectivity index (χ0) is 54.7. The number of carbonyl (C=O) groups is 3. The van der Waals surface area contributed by atoms with Crippen LogP contribution < -0.4 is 14.8 Å². The van der Waals surface area contributed by atoms with Crippen LogP contribution in [0.15, 0.2) is 60.7 Å². The third-order valence-electron chi connectivity index (χ3n) is 14.5. The number of fused-ring (bicyclic) bond motifs is 2. The molecule has 4 aliphatic rings. The van der Waals surface area contributed by atoms with Gasteiger partial charge in [0.05, 0.1) is 38.3 Å². The number of aldehydes is 1. The van der Waals surface area contributed by atoms with Crippen molar-refractivity contribution in [3.05, 3.63) is 82.9 Å². The van der Waals surface area contributed by atoms with Crippen LogP contribution in [0.4, 0.5) is 52.7 Å². The number of methoxy groups -OCH3 is 2. The summed E-state index contributed by atoms with van der Waals surface area (Å²) in [6, 6.07) is 14.2. The Labute approximate surface area is 439 Å². The summed E-state index contributed by atoms with van der Waals surface area (Å²) < 4.78 is 181. The number of halogens is 13. The van der Waals surface area contributed by atoms with Crippen molar-refractivity contribution in [1.29, 1.82) is 0 Å². The zero-order valence-corrected chi connectivity index (χ0v) is 42.8. The van der Waals surface area contributed by atoms with Gasteiger partial charge in [0.25, 0.3) is 0 Å². The Morgan fingerprint density at radius 3 is 1.53 bits per heavy atom. The fourth-order valence-electron chi connectivity index (χ4n) is 10.6. The van der Waals surface area contributed by atoms with E-state index in [0.717, 1.165) is 50.5 Å². The topological polar surface area (TPSA) is 103 Å². The lowest BCUT2D eigenvalue weighted by atomic mass is 9.87. The number of hydrogen-bond acceptors (Lipinski definition) is 9. The molecule has 4 fully saturated rings. The Bertz CT molecular complexity index is 2530. The molecule has 4 aromatic rings. The summed E-state index contributed by atoms with van der Waals surface area (Å²) in [6.45, 7) is 3.93. The summed E-state index contributed by atoms with van der Waals surface area (Å²) >= 11 is 0. The van der Waals surface area contributed by atoms with Gasteiger partial charge in [0, 0.05) is 31.5 Å². The van der Waals surface area contributed by atoms with Crippen molar-refractivity contribution in [1.82, 2.24) is 10.2 Å². The van der Waals surface area contributed by atoms with Crippen molar-refractivity contribution in [2.75, 3.05) is 40.4 Å². The third-order valence-corrected chi connectivity index (χ3v) is 14.5. The minimum atomic E-state index is -4.74. The number of nitrogens with zero attached hydrogens (tertiary/aromatic N) is 1. The molecule has 9 nitrogen and oxygen atoms in total. The van der Waals surface area contributed by atoms with Gasteiger partial charge in [0.2, 0.25) is 0 Å². The first kappa shape index (κ1) is 61.8. The van der Waals surface area contributed by atoms with E-state index in [4.69, 9.17) is 14.2 Å². The Hall–Kier alpha value is -5.02. The normalized spacial score (nSPS) is 22.7. The van der Waals surface area contributed by atoms with E-state index in [9.17, 15) is 67.1 Å². The highest BCUT2D eigenvalue weighted by Gasteiger charge is 2.45. The van der Waals surface area contributed by atoms with Gasteiger partial charge in [-0.05, 0) is 154 Å². The van der Waals surface area contributed by atoms with Crippen molar-refractivity contribution in [2.24, 2.45) is 23.7 Å². The maximum absolute atomic E-state index is 14.3. The van der Waals surface area contributed by atoms with Crippen LogP contribution in [0.1, 0.15) is 117 Å². The number of likely N-dealkylation sites (tertiary alicyclic amines) is 1. The first-order chi connectivity index (χ1) is 35.4. The molecule has 2 aliphatic carbocycles. The highest BCUT2D eigenvalue weighted by Crippen LogP contribution is 2.46. The maximum atomic E-state index is 14.3. The lowest BCUT2D eigenvalue weighted by Crippen LogP contribution is -2.36. The first-order valence-electron chi connectivity index (χ1n) is 25.1. The van der Waals surface area contributed by atoms with Crippen LogP contribution in [-0.4, -0.2) is 88.1 Å². The van der Waals surface area contributed by atoms with Crippen LogP contribution >= 0.6 is 12.4 Å². The fourth-order valence-corrected chi connectivity index (χ4v) is 10.6. The molecule has 0 amide bonds. The van der Waals surface area contributed by atoms with Gasteiger partial charge in [-0.2, -0.15) is 52.7 Å². The molecule has 1 N–H and O–H groups in total. The Morgan fingerprint density at radius 1 is 0.592 bits per heavy atom. The van der Waals surface area contributed by atoms with Gasteiger partial charge in [0.15, 0.2) is 6.29 Å². The summed E-state index contributed by atoms with van der Waals surface area (Å²) in [5.41, 5.74) is -1.05. The maximum Gasteiger partial charge on any atom is 0.420 e. The number of piperidine rings is 2. The van der Waals surface area contributed by atoms with Crippen LogP contribution in [-0.2, 0) is 38.0 Å². The molecule has 22 heteroatoms. The molecule has 2 aliphatic heterocycles. The van der Waals surface area contributed by atoms with Gasteiger partial charge in [-0.25, -0.2) is 0 Å². The monoisotopic (exact) mass is 1110 g/mol. The minimum absolute atomic E-state index is 0. The predicted octanol–water partition coefficient (Wildman–Crippen LogP) is 14.3. The smallest absolute Gasteiger partial charge is 0.420 e. The van der Waals surface area contributed by atoms with E-state index in [2.05, 4.69) is 15.0 Å². The Morgan fingerprint density at radius 2 is 1.07 bits per heavy atom. The molecule has 0 spiro atoms. The number of alkyl halides is 12. The lowest BCUT2D eigenvalue weighted by Gasteiger charge is -2.33. The van der Waals surface area contributed by atoms with Gasteiger partial charge in [-0.15, -0.1) is 12.4 Å². The van der Waals surface area contributed by atoms with E-state index in [1.54, 1.807) is 18.2 Å². The fraction of sp³-hybridized carbons (Fsp3) is 0.574. The second-order valence-corrected chi connectivity index (χ2v) is 19.7. The van der Waals surface area contributed by atoms with Gasteiger partial charge < -0.3 is 24.3 Å². The standard InChI is InChI=1S/C27H31F6NO3.C19H16F6O2.C8H15NO2.ClH/c1-36-24(35)14-17-4-3-13-34(15-17)16-18-5-2-6-22-21(18)11-12-23(25(22)27(31,32)33)37-20-9-7-19(8-10-20)26(28,29)30;20-18(21,22)12-4-6-13(7-5-12)27-16-9-8-14-11(10-26)2-1-3-15(14)17(16)19(23,24)25;1-11-8(10)5-7-3-2-4-9-6-7;/h2,5-6,11-12,17,19-20H,3-4,7-10,13-16H2,1H3;1-3,8-10,12-13H,4-7H2;7,9H,2-6H2,1H3;1H/t17-,19?,20?;;7-;/m1.1./s1. The summed E-state index contributed by atoms with van der Waals surface area (Å²) in [6.07, 6.45) is -14.4. The summed E-state index contributed by atoms with van der Waals surface area (Å²) in [5, 5.41) is 3.70. The zero-order valence-electron chi connectivity index (χ0n) is 42.0. The van der Waals surface area contributed by atoms with Crippen molar-refractivity contribution in [2.45, 2.75) is 133 Å². The molecular formula is C54H63ClF12N2O7. The third kappa shape index (κ3) is 17.0. The second-order valence-electron chi connectivity index (χ2n) is 19.7. The number of carbonyl (C=O) groups excluding carboxylic acids is 3. The quantitative estimate of drug-likeness (QED) is 0.0893. The van der Waals surface area contributed by atoms with Crippen molar-refractivity contribution < 1.29 is 86.0 Å². The van der Waals surface area contributed by atoms with Crippen LogP contribution in [0.5, 0.6) is 11.5 Å². The Kier molecular flexibility index (Phi) is 22.0. The molecule has 2 saturated heterocycles.